The summed E-state index contributed by atoms with van der Waals surface area (Å²) in [5, 5.41) is 10.3. The maximum absolute atomic E-state index is 14.4. The van der Waals surface area contributed by atoms with Crippen molar-refractivity contribution in [1.29, 1.82) is 0 Å². The third-order valence-corrected chi connectivity index (χ3v) is 5.90. The first-order chi connectivity index (χ1) is 12.5. The minimum Gasteiger partial charge on any atom is -0.337 e. The molecular formula is C18H25FN6O. The number of aromatic amines is 1. The molecule has 1 unspecified atom stereocenters. The molecule has 26 heavy (non-hydrogen) atoms. The standard InChI is InChI=1S/C18H25FN6O/c1-23-6-3-12(4-7-23)25-8-5-13(11-25)24(2)18(26)14-9-16-17(10-15(14)19)21-22-20-16/h9-10,12-13H,3-8,11H2,1-2H3,(H,20,21,22). The molecule has 2 aliphatic rings. The average molecular weight is 360 g/mol. The summed E-state index contributed by atoms with van der Waals surface area (Å²) in [6.07, 6.45) is 3.29. The zero-order valence-electron chi connectivity index (χ0n) is 15.3. The van der Waals surface area contributed by atoms with Crippen LogP contribution in [0, 0.1) is 5.82 Å². The molecule has 2 fully saturated rings. The summed E-state index contributed by atoms with van der Waals surface area (Å²) in [7, 11) is 3.94. The molecule has 4 rings (SSSR count). The fourth-order valence-corrected chi connectivity index (χ4v) is 4.16. The highest BCUT2D eigenvalue weighted by atomic mass is 19.1. The molecule has 1 N–H and O–H groups in total. The highest BCUT2D eigenvalue weighted by Gasteiger charge is 2.34. The highest BCUT2D eigenvalue weighted by molar-refractivity contribution is 5.97. The van der Waals surface area contributed by atoms with E-state index in [9.17, 15) is 9.18 Å². The summed E-state index contributed by atoms with van der Waals surface area (Å²) < 4.78 is 14.4. The zero-order valence-corrected chi connectivity index (χ0v) is 15.3. The van der Waals surface area contributed by atoms with E-state index in [1.807, 2.05) is 0 Å². The lowest BCUT2D eigenvalue weighted by molar-refractivity contribution is 0.0716. The third-order valence-electron chi connectivity index (χ3n) is 5.90. The van der Waals surface area contributed by atoms with E-state index in [0.29, 0.717) is 17.1 Å². The number of nitrogens with one attached hydrogen (secondary N) is 1. The van der Waals surface area contributed by atoms with Crippen LogP contribution in [0.25, 0.3) is 11.0 Å². The molecule has 2 saturated heterocycles. The Morgan fingerprint density at radius 1 is 1.19 bits per heavy atom. The number of likely N-dealkylation sites (N-methyl/N-ethyl adjacent to an activating group) is 1. The molecule has 0 radical (unpaired) electrons. The first-order valence-electron chi connectivity index (χ1n) is 9.22. The number of amides is 1. The molecule has 0 bridgehead atoms. The van der Waals surface area contributed by atoms with Crippen LogP contribution in [0.3, 0.4) is 0 Å². The molecule has 3 heterocycles. The van der Waals surface area contributed by atoms with Gasteiger partial charge in [-0.25, -0.2) is 4.39 Å². The second kappa shape index (κ2) is 6.92. The van der Waals surface area contributed by atoms with Crippen molar-refractivity contribution in [2.75, 3.05) is 40.3 Å². The second-order valence-corrected chi connectivity index (χ2v) is 7.53. The quantitative estimate of drug-likeness (QED) is 0.895. The summed E-state index contributed by atoms with van der Waals surface area (Å²) in [4.78, 5) is 19.4. The van der Waals surface area contributed by atoms with E-state index in [2.05, 4.69) is 32.3 Å². The molecule has 140 valence electrons. The Balaban J connectivity index is 1.44. The van der Waals surface area contributed by atoms with Crippen LogP contribution in [0.1, 0.15) is 29.6 Å². The summed E-state index contributed by atoms with van der Waals surface area (Å²) in [5.41, 5.74) is 0.991. The molecule has 1 aromatic carbocycles. The van der Waals surface area contributed by atoms with Crippen LogP contribution < -0.4 is 0 Å². The normalized spacial score (nSPS) is 23.0. The van der Waals surface area contributed by atoms with Crippen LogP contribution in [0.15, 0.2) is 12.1 Å². The smallest absolute Gasteiger partial charge is 0.256 e. The maximum Gasteiger partial charge on any atom is 0.256 e. The van der Waals surface area contributed by atoms with Crippen molar-refractivity contribution in [2.24, 2.45) is 0 Å². The Labute approximate surface area is 152 Å². The van der Waals surface area contributed by atoms with Gasteiger partial charge in [-0.3, -0.25) is 9.69 Å². The lowest BCUT2D eigenvalue weighted by Crippen LogP contribution is -2.45. The first kappa shape index (κ1) is 17.4. The number of likely N-dealkylation sites (tertiary alicyclic amines) is 2. The molecule has 2 aliphatic heterocycles. The lowest BCUT2D eigenvalue weighted by atomic mass is 10.0. The highest BCUT2D eigenvalue weighted by Crippen LogP contribution is 2.25. The topological polar surface area (TPSA) is 68.4 Å². The van der Waals surface area contributed by atoms with Crippen LogP contribution in [0.4, 0.5) is 4.39 Å². The Morgan fingerprint density at radius 2 is 1.88 bits per heavy atom. The number of benzene rings is 1. The van der Waals surface area contributed by atoms with Crippen molar-refractivity contribution in [3.8, 4) is 0 Å². The van der Waals surface area contributed by atoms with Crippen LogP contribution in [-0.2, 0) is 0 Å². The molecule has 1 atom stereocenters. The maximum atomic E-state index is 14.4. The number of carbonyl (C=O) groups excluding carboxylic acids is 1. The van der Waals surface area contributed by atoms with Crippen molar-refractivity contribution < 1.29 is 9.18 Å². The minimum atomic E-state index is -0.548. The van der Waals surface area contributed by atoms with Gasteiger partial charge < -0.3 is 9.80 Å². The van der Waals surface area contributed by atoms with Gasteiger partial charge in [0.2, 0.25) is 0 Å². The Bertz CT molecular complexity index is 800. The van der Waals surface area contributed by atoms with Gasteiger partial charge in [0.25, 0.3) is 5.91 Å². The Kier molecular flexibility index (Phi) is 4.62. The number of hydrogen-bond donors (Lipinski definition) is 1. The minimum absolute atomic E-state index is 0.0617. The molecule has 7 nitrogen and oxygen atoms in total. The lowest BCUT2D eigenvalue weighted by Gasteiger charge is -2.35. The third kappa shape index (κ3) is 3.19. The number of H-pyrrole nitrogens is 1. The van der Waals surface area contributed by atoms with Gasteiger partial charge in [0.15, 0.2) is 0 Å². The average Bonchev–Trinajstić information content (AvgIpc) is 3.29. The number of aromatic nitrogens is 3. The van der Waals surface area contributed by atoms with Crippen LogP contribution in [0.5, 0.6) is 0 Å². The fraction of sp³-hybridized carbons (Fsp3) is 0.611. The van der Waals surface area contributed by atoms with Gasteiger partial charge in [-0.2, -0.15) is 15.4 Å². The summed E-state index contributed by atoms with van der Waals surface area (Å²) >= 11 is 0. The summed E-state index contributed by atoms with van der Waals surface area (Å²) in [5.74, 6) is -0.837. The van der Waals surface area contributed by atoms with Crippen LogP contribution in [-0.4, -0.2) is 88.4 Å². The number of fused-ring (bicyclic) bond motifs is 1. The number of hydrogen-bond acceptors (Lipinski definition) is 5. The SMILES string of the molecule is CN1CCC(N2CCC(N(C)C(=O)c3cc4n[nH]nc4cc3F)C2)CC1. The van der Waals surface area contributed by atoms with Gasteiger partial charge in [-0.15, -0.1) is 0 Å². The molecule has 0 saturated carbocycles. The molecule has 8 heteroatoms. The Morgan fingerprint density at radius 3 is 2.62 bits per heavy atom. The van der Waals surface area contributed by atoms with E-state index < -0.39 is 5.82 Å². The van der Waals surface area contributed by atoms with Crippen molar-refractivity contribution in [2.45, 2.75) is 31.3 Å². The number of halogens is 1. The van der Waals surface area contributed by atoms with Gasteiger partial charge >= 0.3 is 0 Å². The van der Waals surface area contributed by atoms with Gasteiger partial charge in [0.1, 0.15) is 16.9 Å². The molecular weight excluding hydrogens is 335 g/mol. The number of piperidine rings is 1. The van der Waals surface area contributed by atoms with Gasteiger partial charge in [-0.05, 0) is 45.5 Å². The Hall–Kier alpha value is -2.06. The number of carbonyl (C=O) groups is 1. The zero-order chi connectivity index (χ0) is 18.3. The van der Waals surface area contributed by atoms with Crippen LogP contribution in [0.2, 0.25) is 0 Å². The van der Waals surface area contributed by atoms with Gasteiger partial charge in [0.05, 0.1) is 5.56 Å². The van der Waals surface area contributed by atoms with Crippen LogP contribution >= 0.6 is 0 Å². The summed E-state index contributed by atoms with van der Waals surface area (Å²) in [6, 6.07) is 3.47. The van der Waals surface area contributed by atoms with E-state index in [1.54, 1.807) is 11.9 Å². The molecule has 0 aliphatic carbocycles. The number of nitrogens with zero attached hydrogens (tertiary/aromatic N) is 5. The van der Waals surface area contributed by atoms with Gasteiger partial charge in [-0.1, -0.05) is 0 Å². The van der Waals surface area contributed by atoms with E-state index in [1.165, 1.54) is 25.0 Å². The second-order valence-electron chi connectivity index (χ2n) is 7.53. The molecule has 1 aromatic heterocycles. The van der Waals surface area contributed by atoms with Crippen molar-refractivity contribution >= 4 is 16.9 Å². The van der Waals surface area contributed by atoms with E-state index in [-0.39, 0.29) is 17.5 Å². The van der Waals surface area contributed by atoms with Crippen molar-refractivity contribution in [1.82, 2.24) is 30.1 Å². The summed E-state index contributed by atoms with van der Waals surface area (Å²) in [6.45, 7) is 4.12. The van der Waals surface area contributed by atoms with E-state index >= 15 is 0 Å². The predicted molar refractivity (Wildman–Crippen MR) is 96.4 cm³/mol. The molecule has 0 spiro atoms. The monoisotopic (exact) mass is 360 g/mol. The fourth-order valence-electron chi connectivity index (χ4n) is 4.16. The molecule has 2 aromatic rings. The van der Waals surface area contributed by atoms with Crippen molar-refractivity contribution in [3.63, 3.8) is 0 Å². The first-order valence-corrected chi connectivity index (χ1v) is 9.22. The van der Waals surface area contributed by atoms with Crippen molar-refractivity contribution in [3.05, 3.63) is 23.5 Å². The van der Waals surface area contributed by atoms with Gasteiger partial charge in [0, 0.05) is 38.3 Å². The van der Waals surface area contributed by atoms with E-state index in [0.717, 1.165) is 32.6 Å². The predicted octanol–water partition coefficient (Wildman–Crippen LogP) is 1.34. The van der Waals surface area contributed by atoms with E-state index in [4.69, 9.17) is 0 Å². The largest absolute Gasteiger partial charge is 0.337 e. The number of rotatable bonds is 3. The molecule has 1 amide bonds.